The van der Waals surface area contributed by atoms with Gasteiger partial charge in [-0.05, 0) is 12.8 Å². The van der Waals surface area contributed by atoms with Crippen molar-refractivity contribution in [3.05, 3.63) is 23.2 Å². The number of imidazole rings is 1. The van der Waals surface area contributed by atoms with Crippen LogP contribution in [0.3, 0.4) is 0 Å². The van der Waals surface area contributed by atoms with Crippen LogP contribution < -0.4 is 5.32 Å². The van der Waals surface area contributed by atoms with Gasteiger partial charge in [0.15, 0.2) is 0 Å². The molecule has 3 rings (SSSR count). The first-order chi connectivity index (χ1) is 8.83. The number of hydrogen-bond donors (Lipinski definition) is 2. The summed E-state index contributed by atoms with van der Waals surface area (Å²) >= 11 is 1.34. The van der Waals surface area contributed by atoms with E-state index in [2.05, 4.69) is 25.5 Å². The number of rotatable bonds is 3. The van der Waals surface area contributed by atoms with Gasteiger partial charge >= 0.3 is 0 Å². The molecule has 7 nitrogen and oxygen atoms in total. The number of nitrogens with one attached hydrogen (secondary N) is 2. The normalized spacial score (nSPS) is 19.0. The van der Waals surface area contributed by atoms with Gasteiger partial charge in [-0.15, -0.1) is 10.2 Å². The van der Waals surface area contributed by atoms with E-state index in [1.54, 1.807) is 0 Å². The molecule has 2 aromatic rings. The average molecular weight is 265 g/mol. The zero-order valence-electron chi connectivity index (χ0n) is 9.42. The molecule has 0 saturated carbocycles. The Kier molecular flexibility index (Phi) is 3.03. The van der Waals surface area contributed by atoms with Gasteiger partial charge in [-0.25, -0.2) is 4.98 Å². The molecule has 0 aliphatic carbocycles. The molecule has 0 radical (unpaired) electrons. The van der Waals surface area contributed by atoms with Gasteiger partial charge in [0, 0.05) is 6.61 Å². The van der Waals surface area contributed by atoms with Crippen molar-refractivity contribution in [3.8, 4) is 0 Å². The lowest BCUT2D eigenvalue weighted by molar-refractivity contribution is 0.102. The average Bonchev–Trinajstić information content (AvgIpc) is 3.12. The predicted octanol–water partition coefficient (Wildman–Crippen LogP) is 1.36. The Bertz CT molecular complexity index is 532. The van der Waals surface area contributed by atoms with Crippen LogP contribution in [0.5, 0.6) is 0 Å². The fourth-order valence-electron chi connectivity index (χ4n) is 1.73. The first-order valence-electron chi connectivity index (χ1n) is 5.57. The van der Waals surface area contributed by atoms with Gasteiger partial charge in [0.2, 0.25) is 5.13 Å². The molecule has 1 fully saturated rings. The second-order valence-electron chi connectivity index (χ2n) is 3.87. The first-order valence-corrected chi connectivity index (χ1v) is 6.39. The second-order valence-corrected chi connectivity index (χ2v) is 4.88. The summed E-state index contributed by atoms with van der Waals surface area (Å²) in [6.07, 6.45) is 4.94. The van der Waals surface area contributed by atoms with Crippen LogP contribution in [0, 0.1) is 0 Å². The van der Waals surface area contributed by atoms with Crippen molar-refractivity contribution in [3.63, 3.8) is 0 Å². The third kappa shape index (κ3) is 2.24. The molecule has 0 spiro atoms. The molecule has 1 saturated heterocycles. The number of amides is 1. The minimum atomic E-state index is -0.275. The van der Waals surface area contributed by atoms with Gasteiger partial charge in [0.1, 0.15) is 16.8 Å². The molecule has 1 aliphatic rings. The molecule has 3 heterocycles. The Hall–Kier alpha value is -1.80. The monoisotopic (exact) mass is 265 g/mol. The number of H-pyrrole nitrogens is 1. The molecule has 1 atom stereocenters. The lowest BCUT2D eigenvalue weighted by atomic mass is 10.2. The van der Waals surface area contributed by atoms with E-state index in [0.29, 0.717) is 10.8 Å². The van der Waals surface area contributed by atoms with E-state index in [1.165, 1.54) is 23.9 Å². The minimum Gasteiger partial charge on any atom is -0.371 e. The van der Waals surface area contributed by atoms with Gasteiger partial charge in [-0.3, -0.25) is 10.1 Å². The van der Waals surface area contributed by atoms with Gasteiger partial charge < -0.3 is 9.72 Å². The van der Waals surface area contributed by atoms with E-state index in [1.807, 2.05) is 0 Å². The molecule has 94 valence electrons. The maximum Gasteiger partial charge on any atom is 0.275 e. The van der Waals surface area contributed by atoms with Crippen LogP contribution in [-0.2, 0) is 4.74 Å². The van der Waals surface area contributed by atoms with Crippen molar-refractivity contribution in [1.29, 1.82) is 0 Å². The zero-order valence-corrected chi connectivity index (χ0v) is 10.2. The quantitative estimate of drug-likeness (QED) is 0.874. The third-order valence-corrected chi connectivity index (χ3v) is 3.54. The lowest BCUT2D eigenvalue weighted by Gasteiger charge is -2.02. The maximum absolute atomic E-state index is 11.7. The van der Waals surface area contributed by atoms with Crippen LogP contribution in [0.2, 0.25) is 0 Å². The summed E-state index contributed by atoms with van der Waals surface area (Å²) in [5, 5.41) is 11.9. The molecule has 8 heteroatoms. The van der Waals surface area contributed by atoms with Crippen LogP contribution in [0.1, 0.15) is 34.4 Å². The van der Waals surface area contributed by atoms with Crippen LogP contribution >= 0.6 is 11.3 Å². The Balaban J connectivity index is 1.68. The first kappa shape index (κ1) is 11.3. The number of anilines is 1. The van der Waals surface area contributed by atoms with Crippen LogP contribution in [0.4, 0.5) is 5.13 Å². The number of carbonyl (C=O) groups excluding carboxylic acids is 1. The van der Waals surface area contributed by atoms with E-state index < -0.39 is 0 Å². The van der Waals surface area contributed by atoms with Gasteiger partial charge in [-0.1, -0.05) is 11.3 Å². The summed E-state index contributed by atoms with van der Waals surface area (Å²) in [6, 6.07) is 0. The standard InChI is InChI=1S/C10H11N5O2S/c16-8(6-4-11-5-12-6)13-10-15-14-9(18-10)7-2-1-3-17-7/h4-5,7H,1-3H2,(H,11,12)(H,13,15,16). The summed E-state index contributed by atoms with van der Waals surface area (Å²) < 4.78 is 5.51. The number of carbonyl (C=O) groups is 1. The van der Waals surface area contributed by atoms with Crippen molar-refractivity contribution in [1.82, 2.24) is 20.2 Å². The molecular weight excluding hydrogens is 254 g/mol. The van der Waals surface area contributed by atoms with Crippen molar-refractivity contribution in [2.45, 2.75) is 18.9 Å². The molecule has 2 aromatic heterocycles. The fraction of sp³-hybridized carbons (Fsp3) is 0.400. The zero-order chi connectivity index (χ0) is 12.4. The maximum atomic E-state index is 11.7. The van der Waals surface area contributed by atoms with Crippen LogP contribution in [0.25, 0.3) is 0 Å². The van der Waals surface area contributed by atoms with Gasteiger partial charge in [0.25, 0.3) is 5.91 Å². The fourth-order valence-corrected chi connectivity index (χ4v) is 2.55. The SMILES string of the molecule is O=C(Nc1nnc(C2CCCO2)s1)c1cnc[nH]1. The molecule has 1 aliphatic heterocycles. The highest BCUT2D eigenvalue weighted by Crippen LogP contribution is 2.31. The molecule has 1 amide bonds. The summed E-state index contributed by atoms with van der Waals surface area (Å²) in [7, 11) is 0. The van der Waals surface area contributed by atoms with Crippen LogP contribution in [-0.4, -0.2) is 32.7 Å². The summed E-state index contributed by atoms with van der Waals surface area (Å²) in [5.74, 6) is -0.275. The molecular formula is C10H11N5O2S. The van der Waals surface area contributed by atoms with E-state index in [4.69, 9.17) is 4.74 Å². The number of ether oxygens (including phenoxy) is 1. The number of aromatic nitrogens is 4. The minimum absolute atomic E-state index is 0.0281. The Morgan fingerprint density at radius 3 is 3.22 bits per heavy atom. The smallest absolute Gasteiger partial charge is 0.275 e. The number of hydrogen-bond acceptors (Lipinski definition) is 6. The number of aromatic amines is 1. The highest BCUT2D eigenvalue weighted by Gasteiger charge is 2.22. The topological polar surface area (TPSA) is 92.8 Å². The van der Waals surface area contributed by atoms with Gasteiger partial charge in [0.05, 0.1) is 12.5 Å². The van der Waals surface area contributed by atoms with Crippen LogP contribution in [0.15, 0.2) is 12.5 Å². The van der Waals surface area contributed by atoms with E-state index in [0.717, 1.165) is 24.5 Å². The summed E-state index contributed by atoms with van der Waals surface area (Å²) in [4.78, 5) is 18.2. The van der Waals surface area contributed by atoms with Crippen molar-refractivity contribution >= 4 is 22.4 Å². The van der Waals surface area contributed by atoms with Crippen molar-refractivity contribution in [2.24, 2.45) is 0 Å². The number of nitrogens with zero attached hydrogens (tertiary/aromatic N) is 3. The largest absolute Gasteiger partial charge is 0.371 e. The van der Waals surface area contributed by atoms with E-state index in [9.17, 15) is 4.79 Å². The molecule has 2 N–H and O–H groups in total. The van der Waals surface area contributed by atoms with Crippen molar-refractivity contribution in [2.75, 3.05) is 11.9 Å². The lowest BCUT2D eigenvalue weighted by Crippen LogP contribution is -2.11. The van der Waals surface area contributed by atoms with Crippen molar-refractivity contribution < 1.29 is 9.53 Å². The summed E-state index contributed by atoms with van der Waals surface area (Å²) in [6.45, 7) is 0.764. The summed E-state index contributed by atoms with van der Waals surface area (Å²) in [5.41, 5.74) is 0.392. The van der Waals surface area contributed by atoms with E-state index >= 15 is 0 Å². The molecule has 0 bridgehead atoms. The highest BCUT2D eigenvalue weighted by atomic mass is 32.1. The Morgan fingerprint density at radius 2 is 2.50 bits per heavy atom. The molecule has 1 unspecified atom stereocenters. The third-order valence-electron chi connectivity index (χ3n) is 2.61. The Labute approximate surface area is 107 Å². The molecule has 18 heavy (non-hydrogen) atoms. The van der Waals surface area contributed by atoms with E-state index in [-0.39, 0.29) is 12.0 Å². The predicted molar refractivity (Wildman–Crippen MR) is 64.4 cm³/mol. The molecule has 0 aromatic carbocycles. The van der Waals surface area contributed by atoms with Gasteiger partial charge in [-0.2, -0.15) is 0 Å². The highest BCUT2D eigenvalue weighted by molar-refractivity contribution is 7.15. The second kappa shape index (κ2) is 4.83. The Morgan fingerprint density at radius 1 is 1.56 bits per heavy atom.